The lowest BCUT2D eigenvalue weighted by atomic mass is 10.1. The Morgan fingerprint density at radius 2 is 2.12 bits per heavy atom. The van der Waals surface area contributed by atoms with E-state index < -0.39 is 9.84 Å². The van der Waals surface area contributed by atoms with E-state index in [1.54, 1.807) is 12.1 Å². The third-order valence-electron chi connectivity index (χ3n) is 2.13. The average molecular weight is 257 g/mol. The second-order valence-electron chi connectivity index (χ2n) is 4.01. The maximum absolute atomic E-state index is 10.9. The molecular weight excluding hydrogens is 240 g/mol. The molecule has 0 saturated heterocycles. The molecule has 0 aliphatic carbocycles. The third kappa shape index (κ3) is 5.70. The number of ether oxygens (including phenoxy) is 1. The highest BCUT2D eigenvalue weighted by Crippen LogP contribution is 2.16. The minimum Gasteiger partial charge on any atom is -0.494 e. The van der Waals surface area contributed by atoms with Gasteiger partial charge in [0.15, 0.2) is 0 Å². The third-order valence-corrected chi connectivity index (χ3v) is 3.16. The van der Waals surface area contributed by atoms with Gasteiger partial charge in [-0.1, -0.05) is 0 Å². The van der Waals surface area contributed by atoms with Crippen LogP contribution in [0.3, 0.4) is 0 Å². The summed E-state index contributed by atoms with van der Waals surface area (Å²) >= 11 is 0. The number of aliphatic hydroxyl groups excluding tert-OH is 1. The fraction of sp³-hybridized carbons (Fsp3) is 0.500. The monoisotopic (exact) mass is 257 g/mol. The molecule has 0 aliphatic rings. The van der Waals surface area contributed by atoms with E-state index in [2.05, 4.69) is 6.07 Å². The van der Waals surface area contributed by atoms with Gasteiger partial charge < -0.3 is 9.84 Å². The van der Waals surface area contributed by atoms with E-state index in [0.717, 1.165) is 5.56 Å². The molecule has 1 N–H and O–H groups in total. The van der Waals surface area contributed by atoms with Crippen LogP contribution in [-0.2, 0) is 16.4 Å². The summed E-state index contributed by atoms with van der Waals surface area (Å²) in [6.07, 6.45) is 1.67. The first-order chi connectivity index (χ1) is 7.90. The average Bonchev–Trinajstić information content (AvgIpc) is 2.22. The molecule has 0 heterocycles. The van der Waals surface area contributed by atoms with Gasteiger partial charge in [0.1, 0.15) is 15.6 Å². The maximum atomic E-state index is 10.9. The molecule has 1 rings (SSSR count). The van der Waals surface area contributed by atoms with Gasteiger partial charge in [-0.25, -0.2) is 8.42 Å². The summed E-state index contributed by atoms with van der Waals surface area (Å²) in [6.45, 7) is 2.13. The molecule has 0 unspecified atom stereocenters. The highest BCUT2D eigenvalue weighted by Gasteiger charge is 2.03. The minimum atomic E-state index is -2.93. The Bertz CT molecular complexity index is 465. The topological polar surface area (TPSA) is 63.6 Å². The van der Waals surface area contributed by atoms with E-state index in [0.29, 0.717) is 24.3 Å². The van der Waals surface area contributed by atoms with Gasteiger partial charge >= 0.3 is 0 Å². The van der Waals surface area contributed by atoms with Gasteiger partial charge in [0.2, 0.25) is 0 Å². The highest BCUT2D eigenvalue weighted by atomic mass is 32.2. The van der Waals surface area contributed by atoms with Crippen LogP contribution in [0, 0.1) is 13.0 Å². The first kappa shape index (κ1) is 14.0. The Labute approximate surface area is 102 Å². The molecule has 0 aliphatic heterocycles. The largest absolute Gasteiger partial charge is 0.494 e. The molecule has 1 radical (unpaired) electrons. The maximum Gasteiger partial charge on any atom is 0.147 e. The standard InChI is InChI=1S/C12H17O4S/c1-10-6-11(9-13)8-12(7-10)16-4-3-5-17(2,14)15/h7-8,13H,3-5,9H2,1-2H3. The molecule has 0 bridgehead atoms. The molecule has 0 atom stereocenters. The molecule has 0 fully saturated rings. The molecule has 1 aromatic rings. The second-order valence-corrected chi connectivity index (χ2v) is 6.27. The summed E-state index contributed by atoms with van der Waals surface area (Å²) in [5, 5.41) is 9.00. The van der Waals surface area contributed by atoms with Crippen molar-refractivity contribution in [2.24, 2.45) is 0 Å². The fourth-order valence-corrected chi connectivity index (χ4v) is 2.07. The van der Waals surface area contributed by atoms with Crippen molar-refractivity contribution < 1.29 is 18.3 Å². The van der Waals surface area contributed by atoms with E-state index in [-0.39, 0.29) is 12.4 Å². The van der Waals surface area contributed by atoms with E-state index in [1.165, 1.54) is 6.26 Å². The van der Waals surface area contributed by atoms with Crippen molar-refractivity contribution in [3.63, 3.8) is 0 Å². The predicted octanol–water partition coefficient (Wildman–Crippen LogP) is 1.10. The first-order valence-electron chi connectivity index (χ1n) is 5.35. The Kier molecular flexibility index (Phi) is 4.96. The van der Waals surface area contributed by atoms with Gasteiger partial charge in [-0.15, -0.1) is 0 Å². The van der Waals surface area contributed by atoms with Gasteiger partial charge in [-0.05, 0) is 42.7 Å². The molecule has 95 valence electrons. The molecule has 0 spiro atoms. The van der Waals surface area contributed by atoms with Gasteiger partial charge in [0, 0.05) is 6.26 Å². The molecule has 1 aromatic carbocycles. The van der Waals surface area contributed by atoms with E-state index in [1.807, 2.05) is 6.92 Å². The lowest BCUT2D eigenvalue weighted by molar-refractivity contribution is 0.278. The molecule has 0 saturated carbocycles. The summed E-state index contributed by atoms with van der Waals surface area (Å²) < 4.78 is 27.2. The van der Waals surface area contributed by atoms with Crippen LogP contribution in [0.15, 0.2) is 12.1 Å². The van der Waals surface area contributed by atoms with Crippen LogP contribution in [0.5, 0.6) is 5.75 Å². The highest BCUT2D eigenvalue weighted by molar-refractivity contribution is 7.90. The lowest BCUT2D eigenvalue weighted by Gasteiger charge is -2.08. The quantitative estimate of drug-likeness (QED) is 0.775. The van der Waals surface area contributed by atoms with Crippen LogP contribution < -0.4 is 4.74 Å². The van der Waals surface area contributed by atoms with E-state index >= 15 is 0 Å². The zero-order valence-electron chi connectivity index (χ0n) is 10.1. The van der Waals surface area contributed by atoms with Crippen LogP contribution in [-0.4, -0.2) is 32.1 Å². The summed E-state index contributed by atoms with van der Waals surface area (Å²) in [5.74, 6) is 0.761. The number of sulfone groups is 1. The van der Waals surface area contributed by atoms with E-state index in [9.17, 15) is 8.42 Å². The minimum absolute atomic E-state index is 0.0820. The van der Waals surface area contributed by atoms with Crippen molar-refractivity contribution >= 4 is 9.84 Å². The second kappa shape index (κ2) is 6.02. The summed E-state index contributed by atoms with van der Waals surface area (Å²) in [5.41, 5.74) is 1.55. The molecule has 4 nitrogen and oxygen atoms in total. The Balaban J connectivity index is 2.49. The van der Waals surface area contributed by atoms with Crippen molar-refractivity contribution in [3.8, 4) is 5.75 Å². The molecule has 0 aromatic heterocycles. The Hall–Kier alpha value is -1.07. The van der Waals surface area contributed by atoms with Crippen LogP contribution in [0.2, 0.25) is 0 Å². The zero-order chi connectivity index (χ0) is 12.9. The molecular formula is C12H17O4S. The van der Waals surface area contributed by atoms with Crippen molar-refractivity contribution in [3.05, 3.63) is 29.3 Å². The summed E-state index contributed by atoms with van der Waals surface area (Å²) in [6, 6.07) is 6.49. The lowest BCUT2D eigenvalue weighted by Crippen LogP contribution is -2.08. The van der Waals surface area contributed by atoms with Crippen molar-refractivity contribution in [2.75, 3.05) is 18.6 Å². The number of rotatable bonds is 6. The first-order valence-corrected chi connectivity index (χ1v) is 7.41. The van der Waals surface area contributed by atoms with Gasteiger partial charge in [-0.2, -0.15) is 0 Å². The Morgan fingerprint density at radius 1 is 1.41 bits per heavy atom. The van der Waals surface area contributed by atoms with Gasteiger partial charge in [0.25, 0.3) is 0 Å². The van der Waals surface area contributed by atoms with Crippen LogP contribution in [0.25, 0.3) is 0 Å². The van der Waals surface area contributed by atoms with Crippen molar-refractivity contribution in [2.45, 2.75) is 20.0 Å². The van der Waals surface area contributed by atoms with E-state index in [4.69, 9.17) is 9.84 Å². The van der Waals surface area contributed by atoms with Gasteiger partial charge in [0.05, 0.1) is 19.0 Å². The summed E-state index contributed by atoms with van der Waals surface area (Å²) in [4.78, 5) is 0. The van der Waals surface area contributed by atoms with Crippen LogP contribution in [0.1, 0.15) is 17.5 Å². The smallest absolute Gasteiger partial charge is 0.147 e. The summed E-state index contributed by atoms with van der Waals surface area (Å²) in [7, 11) is -2.93. The number of aliphatic hydroxyl groups is 1. The SMILES string of the molecule is Cc1[c]c(CO)cc(OCCCS(C)(=O)=O)c1. The van der Waals surface area contributed by atoms with Crippen molar-refractivity contribution in [1.82, 2.24) is 0 Å². The number of hydrogen-bond acceptors (Lipinski definition) is 4. The normalized spacial score (nSPS) is 11.5. The predicted molar refractivity (Wildman–Crippen MR) is 65.8 cm³/mol. The number of hydrogen-bond donors (Lipinski definition) is 1. The number of benzene rings is 1. The van der Waals surface area contributed by atoms with Crippen molar-refractivity contribution in [1.29, 1.82) is 0 Å². The fourth-order valence-electron chi connectivity index (χ4n) is 1.43. The number of aryl methyl sites for hydroxylation is 1. The zero-order valence-corrected chi connectivity index (χ0v) is 10.9. The Morgan fingerprint density at radius 3 is 2.71 bits per heavy atom. The molecule has 5 heteroatoms. The van der Waals surface area contributed by atoms with Gasteiger partial charge in [-0.3, -0.25) is 0 Å². The van der Waals surface area contributed by atoms with Crippen LogP contribution in [0.4, 0.5) is 0 Å². The molecule has 17 heavy (non-hydrogen) atoms. The van der Waals surface area contributed by atoms with Crippen LogP contribution >= 0.6 is 0 Å². The molecule has 0 amide bonds.